The van der Waals surface area contributed by atoms with E-state index >= 15 is 0 Å². The molecular weight excluding hydrogens is 192 g/mol. The van der Waals surface area contributed by atoms with E-state index in [-0.39, 0.29) is 5.28 Å². The number of halogens is 1. The first kappa shape index (κ1) is 9.37. The van der Waals surface area contributed by atoms with Crippen molar-refractivity contribution in [2.75, 3.05) is 5.75 Å². The monoisotopic (exact) mass is 198 g/mol. The van der Waals surface area contributed by atoms with Crippen LogP contribution in [0.5, 0.6) is 0 Å². The van der Waals surface area contributed by atoms with Crippen molar-refractivity contribution in [3.8, 4) is 11.8 Å². The van der Waals surface area contributed by atoms with E-state index in [1.165, 1.54) is 0 Å². The summed E-state index contributed by atoms with van der Waals surface area (Å²) in [4.78, 5) is 7.77. The molecule has 12 heavy (non-hydrogen) atoms. The van der Waals surface area contributed by atoms with Crippen LogP contribution >= 0.6 is 24.2 Å². The second-order valence-electron chi connectivity index (χ2n) is 2.10. The van der Waals surface area contributed by atoms with Crippen LogP contribution in [0.25, 0.3) is 0 Å². The van der Waals surface area contributed by atoms with E-state index < -0.39 is 0 Å². The minimum Gasteiger partial charge on any atom is -0.225 e. The smallest absolute Gasteiger partial charge is 0.222 e. The minimum absolute atomic E-state index is 0.254. The molecule has 0 aliphatic rings. The van der Waals surface area contributed by atoms with Gasteiger partial charge in [-0.05, 0) is 18.5 Å². The fourth-order valence-electron chi connectivity index (χ4n) is 0.696. The Balaban J connectivity index is 3.01. The molecule has 0 radical (unpaired) electrons. The molecule has 0 atom stereocenters. The van der Waals surface area contributed by atoms with Crippen molar-refractivity contribution in [3.05, 3.63) is 22.7 Å². The van der Waals surface area contributed by atoms with Crippen LogP contribution in [0.2, 0.25) is 5.28 Å². The van der Waals surface area contributed by atoms with E-state index in [0.29, 0.717) is 5.75 Å². The molecule has 0 saturated carbocycles. The maximum absolute atomic E-state index is 5.57. The molecule has 0 amide bonds. The lowest BCUT2D eigenvalue weighted by atomic mass is 10.2. The van der Waals surface area contributed by atoms with Crippen molar-refractivity contribution in [1.29, 1.82) is 0 Å². The summed E-state index contributed by atoms with van der Waals surface area (Å²) < 4.78 is 0. The highest BCUT2D eigenvalue weighted by atomic mass is 35.5. The zero-order valence-corrected chi connectivity index (χ0v) is 8.15. The highest BCUT2D eigenvalue weighted by molar-refractivity contribution is 7.80. The predicted octanol–water partition coefficient (Wildman–Crippen LogP) is 1.72. The Hall–Kier alpha value is -0.720. The minimum atomic E-state index is 0.254. The van der Waals surface area contributed by atoms with Crippen LogP contribution < -0.4 is 0 Å². The van der Waals surface area contributed by atoms with Gasteiger partial charge in [-0.1, -0.05) is 11.8 Å². The van der Waals surface area contributed by atoms with Crippen molar-refractivity contribution >= 4 is 24.2 Å². The summed E-state index contributed by atoms with van der Waals surface area (Å²) in [5.74, 6) is 6.23. The number of aryl methyl sites for hydroxylation is 1. The topological polar surface area (TPSA) is 25.8 Å². The second-order valence-corrected chi connectivity index (χ2v) is 2.75. The third kappa shape index (κ3) is 2.40. The van der Waals surface area contributed by atoms with Gasteiger partial charge in [0.15, 0.2) is 0 Å². The maximum atomic E-state index is 5.57. The summed E-state index contributed by atoms with van der Waals surface area (Å²) in [6.07, 6.45) is 1.61. The Kier molecular flexibility index (Phi) is 3.39. The Labute approximate surface area is 81.8 Å². The zero-order valence-electron chi connectivity index (χ0n) is 6.50. The van der Waals surface area contributed by atoms with Crippen LogP contribution in [0.15, 0.2) is 6.20 Å². The van der Waals surface area contributed by atoms with Crippen LogP contribution in [-0.2, 0) is 0 Å². The third-order valence-electron chi connectivity index (χ3n) is 1.25. The van der Waals surface area contributed by atoms with Gasteiger partial charge in [-0.2, -0.15) is 12.6 Å². The number of aromatic nitrogens is 2. The van der Waals surface area contributed by atoms with Gasteiger partial charge in [-0.25, -0.2) is 9.97 Å². The average molecular weight is 199 g/mol. The second kappa shape index (κ2) is 4.34. The van der Waals surface area contributed by atoms with Crippen LogP contribution in [0.3, 0.4) is 0 Å². The lowest BCUT2D eigenvalue weighted by Gasteiger charge is -1.95. The lowest BCUT2D eigenvalue weighted by Crippen LogP contribution is -1.90. The number of thiol groups is 1. The molecule has 0 aromatic carbocycles. The quantitative estimate of drug-likeness (QED) is 0.390. The first-order valence-corrected chi connectivity index (χ1v) is 4.34. The van der Waals surface area contributed by atoms with Crippen molar-refractivity contribution in [2.45, 2.75) is 6.92 Å². The molecule has 0 fully saturated rings. The lowest BCUT2D eigenvalue weighted by molar-refractivity contribution is 1.09. The Morgan fingerprint density at radius 1 is 1.67 bits per heavy atom. The van der Waals surface area contributed by atoms with Gasteiger partial charge in [0.25, 0.3) is 0 Å². The van der Waals surface area contributed by atoms with E-state index in [9.17, 15) is 0 Å². The zero-order chi connectivity index (χ0) is 8.97. The largest absolute Gasteiger partial charge is 0.225 e. The fraction of sp³-hybridized carbons (Fsp3) is 0.250. The molecule has 0 saturated heterocycles. The molecule has 0 bridgehead atoms. The predicted molar refractivity (Wildman–Crippen MR) is 52.5 cm³/mol. The first-order chi connectivity index (χ1) is 5.74. The van der Waals surface area contributed by atoms with Crippen molar-refractivity contribution in [1.82, 2.24) is 9.97 Å². The molecule has 0 N–H and O–H groups in total. The van der Waals surface area contributed by atoms with E-state index in [0.717, 1.165) is 11.3 Å². The van der Waals surface area contributed by atoms with Gasteiger partial charge in [-0.15, -0.1) is 0 Å². The summed E-state index contributed by atoms with van der Waals surface area (Å²) in [7, 11) is 0. The molecule has 2 nitrogen and oxygen atoms in total. The Morgan fingerprint density at radius 3 is 3.00 bits per heavy atom. The van der Waals surface area contributed by atoms with Gasteiger partial charge in [0.2, 0.25) is 5.28 Å². The van der Waals surface area contributed by atoms with Gasteiger partial charge in [0, 0.05) is 6.20 Å². The van der Waals surface area contributed by atoms with Gasteiger partial charge >= 0.3 is 0 Å². The van der Waals surface area contributed by atoms with Crippen LogP contribution in [0.4, 0.5) is 0 Å². The summed E-state index contributed by atoms with van der Waals surface area (Å²) >= 11 is 9.53. The van der Waals surface area contributed by atoms with Gasteiger partial charge in [0.1, 0.15) is 0 Å². The molecule has 62 valence electrons. The van der Waals surface area contributed by atoms with Crippen molar-refractivity contribution < 1.29 is 0 Å². The van der Waals surface area contributed by atoms with Crippen LogP contribution in [0, 0.1) is 18.8 Å². The average Bonchev–Trinajstić information content (AvgIpc) is 2.03. The summed E-state index contributed by atoms with van der Waals surface area (Å²) in [6.45, 7) is 1.84. The molecular formula is C8H7ClN2S. The SMILES string of the molecule is Cc1nc(Cl)ncc1C#CCS. The van der Waals surface area contributed by atoms with Crippen LogP contribution in [-0.4, -0.2) is 15.7 Å². The molecule has 1 heterocycles. The number of nitrogens with zero attached hydrogens (tertiary/aromatic N) is 2. The molecule has 0 aliphatic carbocycles. The van der Waals surface area contributed by atoms with Gasteiger partial charge in [0.05, 0.1) is 17.0 Å². The Bertz CT molecular complexity index is 341. The Morgan fingerprint density at radius 2 is 2.42 bits per heavy atom. The van der Waals surface area contributed by atoms with Gasteiger partial charge in [-0.3, -0.25) is 0 Å². The third-order valence-corrected chi connectivity index (χ3v) is 1.59. The number of hydrogen-bond acceptors (Lipinski definition) is 3. The van der Waals surface area contributed by atoms with Crippen molar-refractivity contribution in [3.63, 3.8) is 0 Å². The van der Waals surface area contributed by atoms with E-state index in [1.807, 2.05) is 6.92 Å². The first-order valence-electron chi connectivity index (χ1n) is 3.33. The number of rotatable bonds is 0. The van der Waals surface area contributed by atoms with E-state index in [1.54, 1.807) is 6.20 Å². The summed E-state index contributed by atoms with van der Waals surface area (Å²) in [6, 6.07) is 0. The summed E-state index contributed by atoms with van der Waals surface area (Å²) in [5.41, 5.74) is 1.60. The van der Waals surface area contributed by atoms with E-state index in [4.69, 9.17) is 11.6 Å². The molecule has 4 heteroatoms. The molecule has 0 unspecified atom stereocenters. The number of hydrogen-bond donors (Lipinski definition) is 1. The normalized spacial score (nSPS) is 8.92. The molecule has 1 rings (SSSR count). The molecule has 0 aliphatic heterocycles. The fourth-order valence-corrected chi connectivity index (χ4v) is 0.951. The molecule has 1 aromatic heterocycles. The maximum Gasteiger partial charge on any atom is 0.222 e. The van der Waals surface area contributed by atoms with Gasteiger partial charge < -0.3 is 0 Å². The molecule has 0 spiro atoms. The highest BCUT2D eigenvalue weighted by Crippen LogP contribution is 2.05. The summed E-state index contributed by atoms with van der Waals surface area (Å²) in [5, 5.41) is 0.254. The van der Waals surface area contributed by atoms with Crippen LogP contribution in [0.1, 0.15) is 11.3 Å². The van der Waals surface area contributed by atoms with Crippen molar-refractivity contribution in [2.24, 2.45) is 0 Å². The van der Waals surface area contributed by atoms with E-state index in [2.05, 4.69) is 34.4 Å². The highest BCUT2D eigenvalue weighted by Gasteiger charge is 1.97. The standard InChI is InChI=1S/C8H7ClN2S/c1-6-7(3-2-4-12)5-10-8(9)11-6/h5,12H,4H2,1H3. The molecule has 1 aromatic rings.